The van der Waals surface area contributed by atoms with E-state index in [9.17, 15) is 9.59 Å². The lowest BCUT2D eigenvalue weighted by Gasteiger charge is -2.31. The highest BCUT2D eigenvalue weighted by molar-refractivity contribution is 6.07. The lowest BCUT2D eigenvalue weighted by atomic mass is 9.96. The molecule has 1 spiro atoms. The molecule has 0 atom stereocenters. The highest BCUT2D eigenvalue weighted by atomic mass is 16.5. The van der Waals surface area contributed by atoms with E-state index < -0.39 is 5.54 Å². The largest absolute Gasteiger partial charge is 0.382 e. The van der Waals surface area contributed by atoms with Crippen molar-refractivity contribution < 1.29 is 19.1 Å². The summed E-state index contributed by atoms with van der Waals surface area (Å²) in [7, 11) is 1.61. The van der Waals surface area contributed by atoms with Gasteiger partial charge in [-0.15, -0.1) is 0 Å². The van der Waals surface area contributed by atoms with Crippen molar-refractivity contribution >= 4 is 11.9 Å². The minimum atomic E-state index is -0.596. The number of hydrogen-bond donors (Lipinski definition) is 1. The quantitative estimate of drug-likeness (QED) is 0.555. The van der Waals surface area contributed by atoms with Gasteiger partial charge in [0.2, 0.25) is 0 Å². The summed E-state index contributed by atoms with van der Waals surface area (Å²) in [6.45, 7) is 1.94. The van der Waals surface area contributed by atoms with E-state index in [1.807, 2.05) is 0 Å². The van der Waals surface area contributed by atoms with E-state index in [1.54, 1.807) is 12.0 Å². The van der Waals surface area contributed by atoms with Gasteiger partial charge in [0, 0.05) is 13.7 Å². The fourth-order valence-electron chi connectivity index (χ4n) is 2.77. The van der Waals surface area contributed by atoms with Gasteiger partial charge >= 0.3 is 6.03 Å². The summed E-state index contributed by atoms with van der Waals surface area (Å²) in [4.78, 5) is 25.3. The van der Waals surface area contributed by atoms with Crippen LogP contribution in [0, 0.1) is 0 Å². The van der Waals surface area contributed by atoms with Gasteiger partial charge in [-0.3, -0.25) is 10.1 Å². The van der Waals surface area contributed by atoms with Gasteiger partial charge in [-0.1, -0.05) is 12.8 Å². The monoisotopic (exact) mass is 256 g/mol. The molecular formula is C12H20N2O4. The van der Waals surface area contributed by atoms with Crippen LogP contribution in [0.15, 0.2) is 0 Å². The molecule has 1 saturated carbocycles. The van der Waals surface area contributed by atoms with Crippen LogP contribution in [-0.2, 0) is 14.3 Å². The predicted molar refractivity (Wildman–Crippen MR) is 64.1 cm³/mol. The van der Waals surface area contributed by atoms with E-state index in [1.165, 1.54) is 0 Å². The highest BCUT2D eigenvalue weighted by Crippen LogP contribution is 2.38. The second kappa shape index (κ2) is 5.67. The second-order valence-electron chi connectivity index (χ2n) is 4.75. The van der Waals surface area contributed by atoms with Gasteiger partial charge in [-0.2, -0.15) is 0 Å². The van der Waals surface area contributed by atoms with Crippen LogP contribution in [0.25, 0.3) is 0 Å². The number of nitrogens with zero attached hydrogens (tertiary/aromatic N) is 1. The third kappa shape index (κ3) is 2.35. The van der Waals surface area contributed by atoms with Crippen LogP contribution >= 0.6 is 0 Å². The standard InChI is InChI=1S/C12H20N2O4/c1-17-8-9-18-7-6-14-11(16)13-10(15)12(14)4-2-3-5-12/h2-9H2,1H3,(H,13,15,16). The first-order chi connectivity index (χ1) is 8.70. The molecule has 1 N–H and O–H groups in total. The number of carbonyl (C=O) groups is 2. The zero-order valence-corrected chi connectivity index (χ0v) is 10.7. The molecule has 6 heteroatoms. The molecule has 2 rings (SSSR count). The topological polar surface area (TPSA) is 67.9 Å². The fourth-order valence-corrected chi connectivity index (χ4v) is 2.77. The first-order valence-corrected chi connectivity index (χ1v) is 6.40. The smallest absolute Gasteiger partial charge is 0.325 e. The predicted octanol–water partition coefficient (Wildman–Crippen LogP) is 0.514. The molecule has 6 nitrogen and oxygen atoms in total. The molecule has 18 heavy (non-hydrogen) atoms. The molecule has 1 heterocycles. The van der Waals surface area contributed by atoms with Crippen molar-refractivity contribution in [3.63, 3.8) is 0 Å². The number of hydrogen-bond acceptors (Lipinski definition) is 4. The Hall–Kier alpha value is -1.14. The third-order valence-electron chi connectivity index (χ3n) is 3.73. The van der Waals surface area contributed by atoms with Crippen molar-refractivity contribution in [1.82, 2.24) is 10.2 Å². The maximum absolute atomic E-state index is 11.9. The molecule has 1 aliphatic carbocycles. The normalized spacial score (nSPS) is 21.9. The summed E-state index contributed by atoms with van der Waals surface area (Å²) >= 11 is 0. The summed E-state index contributed by atoms with van der Waals surface area (Å²) in [5.41, 5.74) is -0.596. The number of rotatable bonds is 6. The number of carbonyl (C=O) groups excluding carboxylic acids is 2. The van der Waals surface area contributed by atoms with E-state index in [4.69, 9.17) is 9.47 Å². The van der Waals surface area contributed by atoms with Crippen molar-refractivity contribution in [2.24, 2.45) is 0 Å². The minimum absolute atomic E-state index is 0.137. The minimum Gasteiger partial charge on any atom is -0.382 e. The van der Waals surface area contributed by atoms with Crippen LogP contribution in [0.3, 0.4) is 0 Å². The van der Waals surface area contributed by atoms with Crippen molar-refractivity contribution in [2.45, 2.75) is 31.2 Å². The third-order valence-corrected chi connectivity index (χ3v) is 3.73. The van der Waals surface area contributed by atoms with Gasteiger partial charge in [0.1, 0.15) is 5.54 Å². The number of methoxy groups -OCH3 is 1. The van der Waals surface area contributed by atoms with E-state index in [0.717, 1.165) is 25.7 Å². The average Bonchev–Trinajstić information content (AvgIpc) is 2.91. The Morgan fingerprint density at radius 3 is 2.61 bits per heavy atom. The molecule has 0 bridgehead atoms. The maximum atomic E-state index is 11.9. The van der Waals surface area contributed by atoms with Crippen LogP contribution < -0.4 is 5.32 Å². The van der Waals surface area contributed by atoms with Crippen molar-refractivity contribution in [2.75, 3.05) is 33.5 Å². The summed E-state index contributed by atoms with van der Waals surface area (Å²) in [5.74, 6) is -0.137. The van der Waals surface area contributed by atoms with Gasteiger partial charge in [0.05, 0.1) is 19.8 Å². The molecule has 2 aliphatic rings. The van der Waals surface area contributed by atoms with Gasteiger partial charge in [0.15, 0.2) is 0 Å². The highest BCUT2D eigenvalue weighted by Gasteiger charge is 2.53. The van der Waals surface area contributed by atoms with Crippen LogP contribution in [0.5, 0.6) is 0 Å². The van der Waals surface area contributed by atoms with Crippen molar-refractivity contribution in [3.05, 3.63) is 0 Å². The molecule has 0 aromatic rings. The zero-order valence-electron chi connectivity index (χ0n) is 10.7. The van der Waals surface area contributed by atoms with Crippen molar-refractivity contribution in [1.29, 1.82) is 0 Å². The SMILES string of the molecule is COCCOCCN1C(=O)NC(=O)C12CCCC2. The molecule has 0 aromatic carbocycles. The molecule has 1 aliphatic heterocycles. The van der Waals surface area contributed by atoms with Gasteiger partial charge < -0.3 is 14.4 Å². The average molecular weight is 256 g/mol. The Morgan fingerprint density at radius 2 is 1.94 bits per heavy atom. The molecular weight excluding hydrogens is 236 g/mol. The Balaban J connectivity index is 1.89. The maximum Gasteiger partial charge on any atom is 0.325 e. The number of ether oxygens (including phenoxy) is 2. The van der Waals surface area contributed by atoms with E-state index in [0.29, 0.717) is 26.4 Å². The molecule has 2 fully saturated rings. The summed E-state index contributed by atoms with van der Waals surface area (Å²) in [5, 5.41) is 2.42. The van der Waals surface area contributed by atoms with Gasteiger partial charge in [0.25, 0.3) is 5.91 Å². The first kappa shape index (κ1) is 13.3. The summed E-state index contributed by atoms with van der Waals surface area (Å²) < 4.78 is 10.2. The molecule has 1 saturated heterocycles. The fraction of sp³-hybridized carbons (Fsp3) is 0.833. The molecule has 102 valence electrons. The summed E-state index contributed by atoms with van der Waals surface area (Å²) in [6.07, 6.45) is 3.54. The van der Waals surface area contributed by atoms with Crippen LogP contribution in [0.2, 0.25) is 0 Å². The Bertz CT molecular complexity index is 326. The van der Waals surface area contributed by atoms with Gasteiger partial charge in [-0.05, 0) is 12.8 Å². The van der Waals surface area contributed by atoms with Crippen LogP contribution in [0.4, 0.5) is 4.79 Å². The number of amides is 3. The first-order valence-electron chi connectivity index (χ1n) is 6.40. The molecule has 3 amide bonds. The lowest BCUT2D eigenvalue weighted by Crippen LogP contribution is -2.48. The van der Waals surface area contributed by atoms with Crippen LogP contribution in [-0.4, -0.2) is 55.9 Å². The molecule has 0 radical (unpaired) electrons. The molecule has 0 unspecified atom stereocenters. The molecule has 0 aromatic heterocycles. The van der Waals surface area contributed by atoms with E-state index >= 15 is 0 Å². The Kier molecular flexibility index (Phi) is 4.19. The Labute approximate surface area is 107 Å². The Morgan fingerprint density at radius 1 is 1.22 bits per heavy atom. The van der Waals surface area contributed by atoms with Crippen LogP contribution in [0.1, 0.15) is 25.7 Å². The number of nitrogens with one attached hydrogen (secondary N) is 1. The van der Waals surface area contributed by atoms with Gasteiger partial charge in [-0.25, -0.2) is 4.79 Å². The number of imide groups is 1. The zero-order chi connectivity index (χ0) is 13.0. The summed E-state index contributed by atoms with van der Waals surface area (Å²) in [6, 6.07) is -0.280. The van der Waals surface area contributed by atoms with Crippen molar-refractivity contribution in [3.8, 4) is 0 Å². The van der Waals surface area contributed by atoms with E-state index in [2.05, 4.69) is 5.32 Å². The van der Waals surface area contributed by atoms with E-state index in [-0.39, 0.29) is 11.9 Å². The second-order valence-corrected chi connectivity index (χ2v) is 4.75. The number of urea groups is 1. The lowest BCUT2D eigenvalue weighted by molar-refractivity contribution is -0.126.